The van der Waals surface area contributed by atoms with Crippen molar-refractivity contribution in [3.63, 3.8) is 0 Å². The first-order chi connectivity index (χ1) is 12.7. The summed E-state index contributed by atoms with van der Waals surface area (Å²) in [5.74, 6) is 0.781. The number of fused-ring (bicyclic) bond motifs is 1. The number of benzene rings is 3. The lowest BCUT2D eigenvalue weighted by atomic mass is 10.0. The number of carbonyl (C=O) groups is 1. The summed E-state index contributed by atoms with van der Waals surface area (Å²) in [5, 5.41) is 13.3. The van der Waals surface area contributed by atoms with Gasteiger partial charge in [0.05, 0.1) is 12.7 Å². The molecule has 3 aromatic rings. The molecule has 3 aromatic carbocycles. The Balaban J connectivity index is 1.84. The molecule has 0 unspecified atom stereocenters. The fourth-order valence-electron chi connectivity index (χ4n) is 3.19. The van der Waals surface area contributed by atoms with E-state index in [2.05, 4.69) is 5.32 Å². The molecule has 0 saturated heterocycles. The van der Waals surface area contributed by atoms with Gasteiger partial charge >= 0.3 is 0 Å². The third kappa shape index (κ3) is 2.73. The van der Waals surface area contributed by atoms with E-state index in [1.165, 1.54) is 0 Å². The van der Waals surface area contributed by atoms with Crippen molar-refractivity contribution >= 4 is 17.3 Å². The minimum atomic E-state index is -0.433. The zero-order valence-corrected chi connectivity index (χ0v) is 14.2. The molecule has 0 aromatic heterocycles. The van der Waals surface area contributed by atoms with Crippen LogP contribution in [0, 0.1) is 0 Å². The van der Waals surface area contributed by atoms with Gasteiger partial charge in [-0.05, 0) is 54.1 Å². The van der Waals surface area contributed by atoms with Gasteiger partial charge in [-0.2, -0.15) is 0 Å². The van der Waals surface area contributed by atoms with Gasteiger partial charge in [-0.25, -0.2) is 0 Å². The molecule has 2 N–H and O–H groups in total. The number of nitrogens with zero attached hydrogens (tertiary/aromatic N) is 1. The van der Waals surface area contributed by atoms with Crippen molar-refractivity contribution < 1.29 is 14.6 Å². The maximum Gasteiger partial charge on any atom is 0.262 e. The molecule has 5 nitrogen and oxygen atoms in total. The number of methoxy groups -OCH3 is 1. The van der Waals surface area contributed by atoms with Crippen LogP contribution in [0.4, 0.5) is 11.4 Å². The van der Waals surface area contributed by atoms with Crippen molar-refractivity contribution in [3.8, 4) is 11.5 Å². The van der Waals surface area contributed by atoms with E-state index in [-0.39, 0.29) is 11.7 Å². The minimum Gasteiger partial charge on any atom is -0.508 e. The van der Waals surface area contributed by atoms with E-state index >= 15 is 0 Å². The second-order valence-corrected chi connectivity index (χ2v) is 6.06. The number of amides is 1. The van der Waals surface area contributed by atoms with Gasteiger partial charge in [-0.15, -0.1) is 0 Å². The van der Waals surface area contributed by atoms with Crippen LogP contribution >= 0.6 is 0 Å². The first-order valence-corrected chi connectivity index (χ1v) is 8.29. The van der Waals surface area contributed by atoms with Gasteiger partial charge in [0.2, 0.25) is 0 Å². The molecular weight excluding hydrogens is 328 g/mol. The number of aromatic hydroxyl groups is 1. The second kappa shape index (κ2) is 6.44. The number of anilines is 2. The Kier molecular flexibility index (Phi) is 3.97. The predicted molar refractivity (Wildman–Crippen MR) is 101 cm³/mol. The highest BCUT2D eigenvalue weighted by atomic mass is 16.5. The van der Waals surface area contributed by atoms with Crippen LogP contribution < -0.4 is 15.0 Å². The summed E-state index contributed by atoms with van der Waals surface area (Å²) in [6.07, 6.45) is -0.433. The molecule has 0 saturated carbocycles. The average molecular weight is 346 g/mol. The summed E-state index contributed by atoms with van der Waals surface area (Å²) in [4.78, 5) is 14.9. The van der Waals surface area contributed by atoms with Crippen molar-refractivity contribution in [2.45, 2.75) is 6.17 Å². The van der Waals surface area contributed by atoms with Gasteiger partial charge in [0, 0.05) is 11.4 Å². The Hall–Kier alpha value is -3.47. The van der Waals surface area contributed by atoms with Gasteiger partial charge < -0.3 is 15.2 Å². The Labute approximate surface area is 151 Å². The smallest absolute Gasteiger partial charge is 0.262 e. The lowest BCUT2D eigenvalue weighted by molar-refractivity contribution is 0.0975. The van der Waals surface area contributed by atoms with E-state index in [0.717, 1.165) is 22.7 Å². The molecule has 130 valence electrons. The Morgan fingerprint density at radius 2 is 1.77 bits per heavy atom. The third-order valence-electron chi connectivity index (χ3n) is 4.46. The van der Waals surface area contributed by atoms with E-state index in [0.29, 0.717) is 5.56 Å². The highest BCUT2D eigenvalue weighted by Crippen LogP contribution is 2.37. The number of hydrogen-bond acceptors (Lipinski definition) is 4. The number of para-hydroxylation sites is 1. The SMILES string of the molecule is COc1ccc(N2C(=O)c3ccccc3N[C@H]2c2cccc(O)c2)cc1. The average Bonchev–Trinajstić information content (AvgIpc) is 2.68. The number of phenolic OH excluding ortho intramolecular Hbond substituents is 1. The summed E-state index contributed by atoms with van der Waals surface area (Å²) in [5.41, 5.74) is 2.92. The van der Waals surface area contributed by atoms with E-state index in [4.69, 9.17) is 4.74 Å². The van der Waals surface area contributed by atoms with Crippen molar-refractivity contribution in [2.24, 2.45) is 0 Å². The first kappa shape index (κ1) is 16.0. The lowest BCUT2D eigenvalue weighted by Gasteiger charge is -2.38. The zero-order valence-electron chi connectivity index (χ0n) is 14.2. The standard InChI is InChI=1S/C21H18N2O3/c1-26-17-11-9-15(10-12-17)23-20(14-5-4-6-16(24)13-14)22-19-8-3-2-7-18(19)21(23)25/h2-13,20,22,24H,1H3/t20-/m1/s1. The fraction of sp³-hybridized carbons (Fsp3) is 0.0952. The number of ether oxygens (including phenoxy) is 1. The van der Waals surface area contributed by atoms with Crippen LogP contribution in [-0.2, 0) is 0 Å². The van der Waals surface area contributed by atoms with Crippen LogP contribution in [0.15, 0.2) is 72.8 Å². The number of carbonyl (C=O) groups excluding carboxylic acids is 1. The zero-order chi connectivity index (χ0) is 18.1. The van der Waals surface area contributed by atoms with E-state index in [1.807, 2.05) is 48.5 Å². The number of phenols is 1. The van der Waals surface area contributed by atoms with Crippen molar-refractivity contribution in [2.75, 3.05) is 17.3 Å². The van der Waals surface area contributed by atoms with Crippen LogP contribution in [0.25, 0.3) is 0 Å². The fourth-order valence-corrected chi connectivity index (χ4v) is 3.19. The minimum absolute atomic E-state index is 0.0992. The molecule has 1 atom stereocenters. The molecule has 0 spiro atoms. The summed E-state index contributed by atoms with van der Waals surface area (Å²) in [7, 11) is 1.61. The Bertz CT molecular complexity index is 953. The number of rotatable bonds is 3. The van der Waals surface area contributed by atoms with Crippen molar-refractivity contribution in [1.82, 2.24) is 0 Å². The molecule has 0 fully saturated rings. The lowest BCUT2D eigenvalue weighted by Crippen LogP contribution is -2.43. The molecule has 1 aliphatic heterocycles. The molecule has 4 rings (SSSR count). The van der Waals surface area contributed by atoms with Gasteiger partial charge in [-0.3, -0.25) is 9.69 Å². The monoisotopic (exact) mass is 346 g/mol. The highest BCUT2D eigenvalue weighted by Gasteiger charge is 2.34. The molecule has 26 heavy (non-hydrogen) atoms. The van der Waals surface area contributed by atoms with Crippen molar-refractivity contribution in [3.05, 3.63) is 83.9 Å². The molecule has 1 aliphatic rings. The van der Waals surface area contributed by atoms with Gasteiger partial charge in [-0.1, -0.05) is 24.3 Å². The topological polar surface area (TPSA) is 61.8 Å². The first-order valence-electron chi connectivity index (χ1n) is 8.29. The molecule has 1 amide bonds. The highest BCUT2D eigenvalue weighted by molar-refractivity contribution is 6.12. The molecule has 5 heteroatoms. The van der Waals surface area contributed by atoms with Crippen LogP contribution in [-0.4, -0.2) is 18.1 Å². The maximum atomic E-state index is 13.2. The normalized spacial score (nSPS) is 16.0. The summed E-state index contributed by atoms with van der Waals surface area (Å²) in [6.45, 7) is 0. The van der Waals surface area contributed by atoms with E-state index in [9.17, 15) is 9.90 Å². The molecular formula is C21H18N2O3. The van der Waals surface area contributed by atoms with Gasteiger partial charge in [0.15, 0.2) is 0 Å². The molecule has 0 aliphatic carbocycles. The van der Waals surface area contributed by atoms with Crippen LogP contribution in [0.2, 0.25) is 0 Å². The molecule has 1 heterocycles. The predicted octanol–water partition coefficient (Wildman–Crippen LogP) is 4.17. The van der Waals surface area contributed by atoms with E-state index < -0.39 is 6.17 Å². The summed E-state index contributed by atoms with van der Waals surface area (Å²) < 4.78 is 5.21. The second-order valence-electron chi connectivity index (χ2n) is 6.06. The molecule has 0 bridgehead atoms. The van der Waals surface area contributed by atoms with Crippen LogP contribution in [0.5, 0.6) is 11.5 Å². The Morgan fingerprint density at radius 3 is 2.50 bits per heavy atom. The Morgan fingerprint density at radius 1 is 1.00 bits per heavy atom. The quantitative estimate of drug-likeness (QED) is 0.747. The van der Waals surface area contributed by atoms with Crippen LogP contribution in [0.3, 0.4) is 0 Å². The summed E-state index contributed by atoms with van der Waals surface area (Å²) in [6, 6.07) is 21.7. The number of hydrogen-bond donors (Lipinski definition) is 2. The summed E-state index contributed by atoms with van der Waals surface area (Å²) >= 11 is 0. The largest absolute Gasteiger partial charge is 0.508 e. The number of nitrogens with one attached hydrogen (secondary N) is 1. The third-order valence-corrected chi connectivity index (χ3v) is 4.46. The van der Waals surface area contributed by atoms with Gasteiger partial charge in [0.1, 0.15) is 17.7 Å². The van der Waals surface area contributed by atoms with Gasteiger partial charge in [0.25, 0.3) is 5.91 Å². The van der Waals surface area contributed by atoms with Crippen molar-refractivity contribution in [1.29, 1.82) is 0 Å². The van der Waals surface area contributed by atoms with E-state index in [1.54, 1.807) is 36.3 Å². The molecule has 0 radical (unpaired) electrons. The van der Waals surface area contributed by atoms with Crippen LogP contribution in [0.1, 0.15) is 22.1 Å². The maximum absolute atomic E-state index is 13.2.